The average Bonchev–Trinajstić information content (AvgIpc) is 3.31. The van der Waals surface area contributed by atoms with E-state index in [1.807, 2.05) is 11.9 Å². The molecule has 0 saturated carbocycles. The molecule has 0 amide bonds. The van der Waals surface area contributed by atoms with E-state index in [2.05, 4.69) is 34.9 Å². The Bertz CT molecular complexity index is 1420. The maximum atomic E-state index is 13.3. The summed E-state index contributed by atoms with van der Waals surface area (Å²) in [5, 5.41) is 17.0. The summed E-state index contributed by atoms with van der Waals surface area (Å²) in [6.45, 7) is 5.12. The fraction of sp³-hybridized carbons (Fsp3) is 0.462. The number of halogens is 3. The number of anilines is 4. The van der Waals surface area contributed by atoms with Crippen LogP contribution in [0.1, 0.15) is 23.0 Å². The van der Waals surface area contributed by atoms with Crippen molar-refractivity contribution in [2.75, 3.05) is 68.6 Å². The molecule has 41 heavy (non-hydrogen) atoms. The molecule has 0 unspecified atom stereocenters. The Labute approximate surface area is 234 Å². The summed E-state index contributed by atoms with van der Waals surface area (Å²) in [5.41, 5.74) is 2.94. The van der Waals surface area contributed by atoms with Crippen LogP contribution < -0.4 is 19.9 Å². The lowest BCUT2D eigenvalue weighted by Gasteiger charge is -2.34. The van der Waals surface area contributed by atoms with E-state index in [4.69, 9.17) is 4.74 Å². The number of aliphatic hydroxyl groups excluding tert-OH is 1. The minimum Gasteiger partial charge on any atom is -0.461 e. The van der Waals surface area contributed by atoms with Gasteiger partial charge in [0.15, 0.2) is 11.4 Å². The van der Waals surface area contributed by atoms with Crippen molar-refractivity contribution < 1.29 is 32.5 Å². The number of nitrogens with zero attached hydrogens (tertiary/aromatic N) is 7. The maximum absolute atomic E-state index is 13.3. The van der Waals surface area contributed by atoms with Gasteiger partial charge in [-0.1, -0.05) is 0 Å². The van der Waals surface area contributed by atoms with Gasteiger partial charge in [0, 0.05) is 57.2 Å². The van der Waals surface area contributed by atoms with Crippen LogP contribution in [0.25, 0.3) is 11.4 Å². The third-order valence-electron chi connectivity index (χ3n) is 6.89. The van der Waals surface area contributed by atoms with Crippen molar-refractivity contribution >= 4 is 29.0 Å². The highest BCUT2D eigenvalue weighted by molar-refractivity contribution is 5.99. The molecule has 220 valence electrons. The highest BCUT2D eigenvalue weighted by atomic mass is 19.4. The van der Waals surface area contributed by atoms with E-state index < -0.39 is 18.1 Å². The number of carbonyl (C=O) groups excluding carboxylic acids is 1. The molecule has 1 aromatic carbocycles. The van der Waals surface area contributed by atoms with Gasteiger partial charge >= 0.3 is 12.3 Å². The summed E-state index contributed by atoms with van der Waals surface area (Å²) in [4.78, 5) is 27.8. The van der Waals surface area contributed by atoms with Gasteiger partial charge in [-0.3, -0.25) is 4.68 Å². The first-order valence-corrected chi connectivity index (χ1v) is 13.1. The van der Waals surface area contributed by atoms with Gasteiger partial charge in [-0.05, 0) is 32.2 Å². The summed E-state index contributed by atoms with van der Waals surface area (Å²) in [6, 6.07) is 4.46. The molecule has 0 atom stereocenters. The predicted octanol–water partition coefficient (Wildman–Crippen LogP) is 2.85. The molecular formula is C26H31F3N8O4. The predicted molar refractivity (Wildman–Crippen MR) is 145 cm³/mol. The first-order chi connectivity index (χ1) is 19.6. The van der Waals surface area contributed by atoms with E-state index in [1.165, 1.54) is 10.7 Å². The summed E-state index contributed by atoms with van der Waals surface area (Å²) < 4.78 is 50.7. The number of ether oxygens (including phenoxy) is 2. The molecule has 4 heterocycles. The summed E-state index contributed by atoms with van der Waals surface area (Å²) in [6.07, 6.45) is -3.33. The van der Waals surface area contributed by atoms with E-state index in [0.29, 0.717) is 29.2 Å². The van der Waals surface area contributed by atoms with E-state index in [-0.39, 0.29) is 37.1 Å². The molecule has 1 fully saturated rings. The minimum absolute atomic E-state index is 0.0243. The van der Waals surface area contributed by atoms with Crippen molar-refractivity contribution in [2.24, 2.45) is 0 Å². The molecule has 2 aliphatic heterocycles. The Morgan fingerprint density at radius 3 is 2.61 bits per heavy atom. The Morgan fingerprint density at radius 2 is 1.93 bits per heavy atom. The van der Waals surface area contributed by atoms with Crippen LogP contribution in [0.5, 0.6) is 5.75 Å². The van der Waals surface area contributed by atoms with Gasteiger partial charge in [-0.15, -0.1) is 13.2 Å². The first kappa shape index (κ1) is 28.4. The SMILES string of the molecule is CCOC(=O)c1nn(CCO)c2c1N(C)Cc1cnc(Nc3cc(N4CCN(C)CC4)ccc3OC(F)(F)F)nc1-2. The lowest BCUT2D eigenvalue weighted by atomic mass is 10.0. The lowest BCUT2D eigenvalue weighted by Crippen LogP contribution is -2.44. The molecule has 0 spiro atoms. The van der Waals surface area contributed by atoms with Gasteiger partial charge < -0.3 is 34.6 Å². The molecule has 2 aliphatic rings. The van der Waals surface area contributed by atoms with E-state index in [0.717, 1.165) is 31.9 Å². The van der Waals surface area contributed by atoms with E-state index >= 15 is 0 Å². The van der Waals surface area contributed by atoms with Crippen molar-refractivity contribution in [3.8, 4) is 17.1 Å². The number of aliphatic hydroxyl groups is 1. The monoisotopic (exact) mass is 576 g/mol. The number of esters is 1. The first-order valence-electron chi connectivity index (χ1n) is 13.1. The van der Waals surface area contributed by atoms with Crippen LogP contribution in [-0.2, 0) is 17.8 Å². The van der Waals surface area contributed by atoms with Crippen molar-refractivity contribution in [3.63, 3.8) is 0 Å². The second kappa shape index (κ2) is 11.4. The smallest absolute Gasteiger partial charge is 0.461 e. The largest absolute Gasteiger partial charge is 0.573 e. The zero-order valence-electron chi connectivity index (χ0n) is 22.9. The number of carbonyl (C=O) groups is 1. The summed E-state index contributed by atoms with van der Waals surface area (Å²) >= 11 is 0. The molecule has 0 bridgehead atoms. The Balaban J connectivity index is 1.54. The third kappa shape index (κ3) is 6.00. The van der Waals surface area contributed by atoms with Crippen LogP contribution in [0.4, 0.5) is 36.2 Å². The van der Waals surface area contributed by atoms with Crippen LogP contribution in [0.2, 0.25) is 0 Å². The van der Waals surface area contributed by atoms with Gasteiger partial charge in [-0.25, -0.2) is 14.8 Å². The van der Waals surface area contributed by atoms with Crippen LogP contribution in [-0.4, -0.2) is 95.6 Å². The number of hydrogen-bond donors (Lipinski definition) is 2. The fourth-order valence-corrected chi connectivity index (χ4v) is 4.98. The molecule has 5 rings (SSSR count). The topological polar surface area (TPSA) is 121 Å². The number of aromatic nitrogens is 4. The van der Waals surface area contributed by atoms with Crippen molar-refractivity contribution in [3.05, 3.63) is 35.7 Å². The van der Waals surface area contributed by atoms with E-state index in [9.17, 15) is 23.1 Å². The summed E-state index contributed by atoms with van der Waals surface area (Å²) in [7, 11) is 3.80. The van der Waals surface area contributed by atoms with Gasteiger partial charge in [0.05, 0.1) is 25.4 Å². The summed E-state index contributed by atoms with van der Waals surface area (Å²) in [5.74, 6) is -1.01. The maximum Gasteiger partial charge on any atom is 0.573 e. The normalized spacial score (nSPS) is 15.4. The van der Waals surface area contributed by atoms with E-state index in [1.54, 1.807) is 32.3 Å². The fourth-order valence-electron chi connectivity index (χ4n) is 4.98. The Hall–Kier alpha value is -4.11. The minimum atomic E-state index is -4.90. The zero-order chi connectivity index (χ0) is 29.3. The van der Waals surface area contributed by atoms with Crippen LogP contribution in [0.3, 0.4) is 0 Å². The number of rotatable bonds is 8. The average molecular weight is 577 g/mol. The van der Waals surface area contributed by atoms with Crippen LogP contribution >= 0.6 is 0 Å². The number of fused-ring (bicyclic) bond motifs is 3. The standard InChI is InChI=1S/C26H31F3N8O4/c1-4-40-24(39)21-22-23(37(33-21)11-12-38)20-16(15-35(22)3)14-30-25(32-20)31-18-13-17(36-9-7-34(2)8-10-36)5-6-19(18)41-26(27,28)29/h5-6,13-14,38H,4,7-12,15H2,1-3H3,(H,30,31,32). The molecule has 12 nitrogen and oxygen atoms in total. The molecule has 1 saturated heterocycles. The number of piperazine rings is 1. The number of likely N-dealkylation sites (N-methyl/N-ethyl adjacent to an activating group) is 1. The Morgan fingerprint density at radius 1 is 1.17 bits per heavy atom. The van der Waals surface area contributed by atoms with Crippen LogP contribution in [0, 0.1) is 0 Å². The molecular weight excluding hydrogens is 545 g/mol. The molecule has 15 heteroatoms. The second-order valence-corrected chi connectivity index (χ2v) is 9.78. The van der Waals surface area contributed by atoms with Crippen molar-refractivity contribution in [1.82, 2.24) is 24.6 Å². The van der Waals surface area contributed by atoms with Gasteiger partial charge in [0.1, 0.15) is 17.1 Å². The number of hydrogen-bond acceptors (Lipinski definition) is 11. The highest BCUT2D eigenvalue weighted by Gasteiger charge is 2.35. The second-order valence-electron chi connectivity index (χ2n) is 9.78. The molecule has 2 N–H and O–H groups in total. The number of benzene rings is 1. The quantitative estimate of drug-likeness (QED) is 0.385. The highest BCUT2D eigenvalue weighted by Crippen LogP contribution is 2.41. The molecule has 3 aromatic rings. The number of alkyl halides is 3. The Kier molecular flexibility index (Phi) is 7.91. The van der Waals surface area contributed by atoms with Gasteiger partial charge in [-0.2, -0.15) is 5.10 Å². The molecule has 0 radical (unpaired) electrons. The number of nitrogens with one attached hydrogen (secondary N) is 1. The lowest BCUT2D eigenvalue weighted by molar-refractivity contribution is -0.274. The third-order valence-corrected chi connectivity index (χ3v) is 6.89. The van der Waals surface area contributed by atoms with Gasteiger partial charge in [0.2, 0.25) is 5.95 Å². The molecule has 2 aromatic heterocycles. The van der Waals surface area contributed by atoms with Crippen molar-refractivity contribution in [2.45, 2.75) is 26.4 Å². The molecule has 0 aliphatic carbocycles. The van der Waals surface area contributed by atoms with Gasteiger partial charge in [0.25, 0.3) is 0 Å². The van der Waals surface area contributed by atoms with Crippen LogP contribution in [0.15, 0.2) is 24.4 Å². The zero-order valence-corrected chi connectivity index (χ0v) is 22.9. The van der Waals surface area contributed by atoms with Crippen molar-refractivity contribution in [1.29, 1.82) is 0 Å².